The lowest BCUT2D eigenvalue weighted by atomic mass is 10.5. The highest BCUT2D eigenvalue weighted by Crippen LogP contribution is 2.28. The first-order valence-electron chi connectivity index (χ1n) is 4.85. The second-order valence-electron chi connectivity index (χ2n) is 3.47. The van der Waals surface area contributed by atoms with Crippen LogP contribution in [0.1, 0.15) is 5.69 Å². The van der Waals surface area contributed by atoms with Crippen molar-refractivity contribution in [1.82, 2.24) is 20.2 Å². The van der Waals surface area contributed by atoms with Gasteiger partial charge in [-0.15, -0.1) is 10.2 Å². The van der Waals surface area contributed by atoms with Crippen molar-refractivity contribution in [3.05, 3.63) is 18.1 Å². The number of hydrogen-bond donors (Lipinski definition) is 1. The molecule has 0 spiro atoms. The summed E-state index contributed by atoms with van der Waals surface area (Å²) in [6.07, 6.45) is 3.23. The van der Waals surface area contributed by atoms with Crippen LogP contribution in [0, 0.1) is 0 Å². The molecule has 17 heavy (non-hydrogen) atoms. The standard InChI is InChI=1S/C9H12N6S2/c1-15(2)8-13-14-9(17-8)16-5-6-3-12-7(10)4-11-6/h3-4H,5H2,1-2H3,(H2,10,12). The maximum atomic E-state index is 5.46. The number of nitrogen functional groups attached to an aromatic ring is 1. The lowest BCUT2D eigenvalue weighted by Crippen LogP contribution is -2.07. The van der Waals surface area contributed by atoms with E-state index in [2.05, 4.69) is 20.2 Å². The van der Waals surface area contributed by atoms with Crippen molar-refractivity contribution in [3.8, 4) is 0 Å². The predicted molar refractivity (Wildman–Crippen MR) is 70.2 cm³/mol. The molecule has 8 heteroatoms. The van der Waals surface area contributed by atoms with Crippen LogP contribution < -0.4 is 10.6 Å². The van der Waals surface area contributed by atoms with Crippen molar-refractivity contribution < 1.29 is 0 Å². The van der Waals surface area contributed by atoms with Crippen molar-refractivity contribution >= 4 is 34.0 Å². The van der Waals surface area contributed by atoms with Crippen LogP contribution in [0.25, 0.3) is 0 Å². The van der Waals surface area contributed by atoms with E-state index >= 15 is 0 Å². The zero-order valence-corrected chi connectivity index (χ0v) is 11.1. The lowest BCUT2D eigenvalue weighted by Gasteiger charge is -2.03. The summed E-state index contributed by atoms with van der Waals surface area (Å²) in [5, 5.41) is 9.05. The van der Waals surface area contributed by atoms with Gasteiger partial charge in [-0.3, -0.25) is 4.98 Å². The van der Waals surface area contributed by atoms with Gasteiger partial charge >= 0.3 is 0 Å². The summed E-state index contributed by atoms with van der Waals surface area (Å²) in [5.74, 6) is 1.15. The van der Waals surface area contributed by atoms with Crippen LogP contribution in [-0.4, -0.2) is 34.3 Å². The Kier molecular flexibility index (Phi) is 3.75. The lowest BCUT2D eigenvalue weighted by molar-refractivity contribution is 0.971. The first-order valence-corrected chi connectivity index (χ1v) is 6.65. The molecule has 0 aromatic carbocycles. The van der Waals surface area contributed by atoms with Crippen molar-refractivity contribution in [2.45, 2.75) is 10.1 Å². The van der Waals surface area contributed by atoms with Gasteiger partial charge in [-0.1, -0.05) is 23.1 Å². The molecule has 0 aliphatic heterocycles. The predicted octanol–water partition coefficient (Wildman–Crippen LogP) is 1.27. The third-order valence-electron chi connectivity index (χ3n) is 1.85. The summed E-state index contributed by atoms with van der Waals surface area (Å²) >= 11 is 3.15. The van der Waals surface area contributed by atoms with E-state index < -0.39 is 0 Å². The van der Waals surface area contributed by atoms with Crippen molar-refractivity contribution in [2.75, 3.05) is 24.7 Å². The molecule has 0 aliphatic rings. The number of hydrogen-bond acceptors (Lipinski definition) is 8. The average Bonchev–Trinajstić information content (AvgIpc) is 2.77. The molecule has 0 fully saturated rings. The molecule has 2 N–H and O–H groups in total. The monoisotopic (exact) mass is 268 g/mol. The summed E-state index contributed by atoms with van der Waals surface area (Å²) in [6, 6.07) is 0. The van der Waals surface area contributed by atoms with Crippen LogP contribution in [0.2, 0.25) is 0 Å². The summed E-state index contributed by atoms with van der Waals surface area (Å²) < 4.78 is 0.923. The molecule has 0 amide bonds. The molecule has 0 saturated carbocycles. The maximum absolute atomic E-state index is 5.46. The molecule has 2 rings (SSSR count). The summed E-state index contributed by atoms with van der Waals surface area (Å²) in [6.45, 7) is 0. The number of aromatic nitrogens is 4. The van der Waals surface area contributed by atoms with Gasteiger partial charge in [0.15, 0.2) is 4.34 Å². The van der Waals surface area contributed by atoms with Crippen LogP contribution in [0.5, 0.6) is 0 Å². The third kappa shape index (κ3) is 3.27. The Balaban J connectivity index is 1.95. The normalized spacial score (nSPS) is 10.5. The van der Waals surface area contributed by atoms with Gasteiger partial charge in [-0.25, -0.2) is 4.98 Å². The number of rotatable bonds is 4. The topological polar surface area (TPSA) is 80.8 Å². The van der Waals surface area contributed by atoms with Gasteiger partial charge in [0.25, 0.3) is 0 Å². The highest BCUT2D eigenvalue weighted by atomic mass is 32.2. The fourth-order valence-corrected chi connectivity index (χ4v) is 2.67. The average molecular weight is 268 g/mol. The molecule has 0 saturated heterocycles. The maximum Gasteiger partial charge on any atom is 0.208 e. The van der Waals surface area contributed by atoms with E-state index in [4.69, 9.17) is 5.73 Å². The van der Waals surface area contributed by atoms with E-state index in [0.717, 1.165) is 20.9 Å². The highest BCUT2D eigenvalue weighted by molar-refractivity contribution is 8.00. The van der Waals surface area contributed by atoms with Crippen LogP contribution >= 0.6 is 23.1 Å². The van der Waals surface area contributed by atoms with Gasteiger partial charge in [-0.05, 0) is 0 Å². The number of nitrogens with zero attached hydrogens (tertiary/aromatic N) is 5. The zero-order chi connectivity index (χ0) is 12.3. The summed E-state index contributed by atoms with van der Waals surface area (Å²) in [5.41, 5.74) is 6.34. The first kappa shape index (κ1) is 12.1. The number of thioether (sulfide) groups is 1. The highest BCUT2D eigenvalue weighted by Gasteiger charge is 2.06. The Morgan fingerprint density at radius 3 is 2.71 bits per heavy atom. The van der Waals surface area contributed by atoms with Crippen LogP contribution in [0.4, 0.5) is 10.9 Å². The van der Waals surface area contributed by atoms with Gasteiger partial charge in [0.1, 0.15) is 5.82 Å². The molecule has 90 valence electrons. The molecule has 0 aliphatic carbocycles. The van der Waals surface area contributed by atoms with Crippen LogP contribution in [-0.2, 0) is 5.75 Å². The second kappa shape index (κ2) is 5.28. The fourth-order valence-electron chi connectivity index (χ4n) is 1.02. The van der Waals surface area contributed by atoms with Gasteiger partial charge in [0.2, 0.25) is 5.13 Å². The van der Waals surface area contributed by atoms with Crippen molar-refractivity contribution in [3.63, 3.8) is 0 Å². The van der Waals surface area contributed by atoms with Gasteiger partial charge in [-0.2, -0.15) is 0 Å². The minimum Gasteiger partial charge on any atom is -0.382 e. The minimum atomic E-state index is 0.435. The molecule has 0 radical (unpaired) electrons. The molecule has 0 unspecified atom stereocenters. The van der Waals surface area contributed by atoms with Crippen LogP contribution in [0.3, 0.4) is 0 Å². The summed E-state index contributed by atoms with van der Waals surface area (Å²) in [7, 11) is 3.89. The van der Waals surface area contributed by atoms with E-state index in [1.807, 2.05) is 19.0 Å². The van der Waals surface area contributed by atoms with E-state index in [1.165, 1.54) is 0 Å². The van der Waals surface area contributed by atoms with Crippen molar-refractivity contribution in [2.24, 2.45) is 0 Å². The Morgan fingerprint density at radius 2 is 2.12 bits per heavy atom. The summed E-state index contributed by atoms with van der Waals surface area (Å²) in [4.78, 5) is 10.1. The fraction of sp³-hybridized carbons (Fsp3) is 0.333. The molecule has 0 bridgehead atoms. The Labute approximate surface area is 107 Å². The molecular formula is C9H12N6S2. The van der Waals surface area contributed by atoms with Crippen LogP contribution in [0.15, 0.2) is 16.7 Å². The van der Waals surface area contributed by atoms with Crippen molar-refractivity contribution in [1.29, 1.82) is 0 Å². The molecule has 2 aromatic heterocycles. The van der Waals surface area contributed by atoms with Gasteiger partial charge < -0.3 is 10.6 Å². The molecular weight excluding hydrogens is 256 g/mol. The second-order valence-corrected chi connectivity index (χ2v) is 5.64. The molecule has 2 heterocycles. The first-order chi connectivity index (χ1) is 8.15. The Hall–Kier alpha value is -1.41. The van der Waals surface area contributed by atoms with E-state index in [1.54, 1.807) is 35.5 Å². The Morgan fingerprint density at radius 1 is 1.29 bits per heavy atom. The largest absolute Gasteiger partial charge is 0.382 e. The van der Waals surface area contributed by atoms with E-state index in [9.17, 15) is 0 Å². The van der Waals surface area contributed by atoms with Gasteiger partial charge in [0, 0.05) is 19.8 Å². The van der Waals surface area contributed by atoms with E-state index in [-0.39, 0.29) is 0 Å². The third-order valence-corrected chi connectivity index (χ3v) is 4.11. The SMILES string of the molecule is CN(C)c1nnc(SCc2cnc(N)cn2)s1. The van der Waals surface area contributed by atoms with E-state index in [0.29, 0.717) is 5.82 Å². The molecule has 0 atom stereocenters. The number of anilines is 2. The zero-order valence-electron chi connectivity index (χ0n) is 9.49. The minimum absolute atomic E-state index is 0.435. The molecule has 2 aromatic rings. The smallest absolute Gasteiger partial charge is 0.208 e. The molecule has 6 nitrogen and oxygen atoms in total. The van der Waals surface area contributed by atoms with Gasteiger partial charge in [0.05, 0.1) is 18.1 Å². The Bertz CT molecular complexity index is 480. The quantitative estimate of drug-likeness (QED) is 0.836. The number of nitrogens with two attached hydrogens (primary N) is 1.